The highest BCUT2D eigenvalue weighted by Crippen LogP contribution is 2.22. The largest absolute Gasteiger partial charge is 0.369 e. The molecule has 0 saturated carbocycles. The Morgan fingerprint density at radius 2 is 1.52 bits per heavy atom. The fraction of sp³-hybridized carbons (Fsp3) is 0.240. The van der Waals surface area contributed by atoms with Gasteiger partial charge < -0.3 is 10.2 Å². The average Bonchev–Trinajstić information content (AvgIpc) is 2.78. The van der Waals surface area contributed by atoms with Crippen LogP contribution in [0, 0.1) is 0 Å². The Morgan fingerprint density at radius 1 is 0.839 bits per heavy atom. The summed E-state index contributed by atoms with van der Waals surface area (Å²) in [6.07, 6.45) is 0.326. The van der Waals surface area contributed by atoms with Gasteiger partial charge in [0.05, 0.1) is 6.42 Å². The van der Waals surface area contributed by atoms with Crippen molar-refractivity contribution < 1.29 is 4.79 Å². The Bertz CT molecular complexity index is 1010. The molecule has 3 aromatic carbocycles. The molecule has 1 heterocycles. The molecular weight excluding hydrogens is 429 g/mol. The molecule has 0 radical (unpaired) electrons. The van der Waals surface area contributed by atoms with E-state index in [0.717, 1.165) is 49.0 Å². The lowest BCUT2D eigenvalue weighted by atomic mass is 10.1. The van der Waals surface area contributed by atoms with Crippen LogP contribution in [0.3, 0.4) is 0 Å². The lowest BCUT2D eigenvalue weighted by Gasteiger charge is -2.36. The number of benzene rings is 3. The molecule has 3 aromatic rings. The summed E-state index contributed by atoms with van der Waals surface area (Å²) >= 11 is 12.2. The molecule has 4 nitrogen and oxygen atoms in total. The maximum atomic E-state index is 12.3. The van der Waals surface area contributed by atoms with Crippen LogP contribution in [0.25, 0.3) is 0 Å². The molecule has 6 heteroatoms. The SMILES string of the molecule is O=C(Cc1ccc(Cl)cc1)Nc1ccc(N2CCN(Cc3ccccc3Cl)CC2)cc1. The minimum Gasteiger partial charge on any atom is -0.369 e. The normalized spacial score (nSPS) is 14.5. The first-order chi connectivity index (χ1) is 15.1. The molecule has 0 bridgehead atoms. The highest BCUT2D eigenvalue weighted by molar-refractivity contribution is 6.31. The standard InChI is InChI=1S/C25H25Cl2N3O/c26-21-7-5-19(6-8-21)17-25(31)28-22-9-11-23(12-10-22)30-15-13-29(14-16-30)18-20-3-1-2-4-24(20)27/h1-12H,13-18H2,(H,28,31). The number of halogens is 2. The van der Waals surface area contributed by atoms with Gasteiger partial charge in [0.2, 0.25) is 5.91 Å². The van der Waals surface area contributed by atoms with E-state index < -0.39 is 0 Å². The first-order valence-corrected chi connectivity index (χ1v) is 11.2. The van der Waals surface area contributed by atoms with Crippen molar-refractivity contribution in [2.24, 2.45) is 0 Å². The number of hydrogen-bond acceptors (Lipinski definition) is 3. The number of rotatable bonds is 6. The fourth-order valence-electron chi connectivity index (χ4n) is 3.78. The molecular formula is C25H25Cl2N3O. The smallest absolute Gasteiger partial charge is 0.228 e. The fourth-order valence-corrected chi connectivity index (χ4v) is 4.10. The van der Waals surface area contributed by atoms with E-state index in [4.69, 9.17) is 23.2 Å². The molecule has 0 unspecified atom stereocenters. The molecule has 1 amide bonds. The van der Waals surface area contributed by atoms with Crippen LogP contribution in [0.4, 0.5) is 11.4 Å². The third kappa shape index (κ3) is 6.01. The molecule has 1 N–H and O–H groups in total. The summed E-state index contributed by atoms with van der Waals surface area (Å²) in [5.74, 6) is -0.0386. The highest BCUT2D eigenvalue weighted by Gasteiger charge is 2.18. The zero-order chi connectivity index (χ0) is 21.6. The van der Waals surface area contributed by atoms with Gasteiger partial charge in [-0.2, -0.15) is 0 Å². The molecule has 1 aliphatic heterocycles. The first-order valence-electron chi connectivity index (χ1n) is 10.4. The Hall–Kier alpha value is -2.53. The predicted molar refractivity (Wildman–Crippen MR) is 129 cm³/mol. The van der Waals surface area contributed by atoms with Crippen LogP contribution in [0.5, 0.6) is 0 Å². The minimum absolute atomic E-state index is 0.0386. The lowest BCUT2D eigenvalue weighted by Crippen LogP contribution is -2.46. The number of anilines is 2. The monoisotopic (exact) mass is 453 g/mol. The molecule has 0 spiro atoms. The van der Waals surface area contributed by atoms with Gasteiger partial charge in [-0.15, -0.1) is 0 Å². The van der Waals surface area contributed by atoms with Crippen molar-refractivity contribution in [1.29, 1.82) is 0 Å². The number of piperazine rings is 1. The predicted octanol–water partition coefficient (Wildman–Crippen LogP) is 5.50. The Labute approximate surface area is 193 Å². The van der Waals surface area contributed by atoms with Crippen LogP contribution < -0.4 is 10.2 Å². The Kier molecular flexibility index (Phi) is 7.13. The molecule has 1 aliphatic rings. The van der Waals surface area contributed by atoms with Crippen molar-refractivity contribution in [2.75, 3.05) is 36.4 Å². The zero-order valence-electron chi connectivity index (χ0n) is 17.2. The van der Waals surface area contributed by atoms with Gasteiger partial charge in [-0.3, -0.25) is 9.69 Å². The summed E-state index contributed by atoms with van der Waals surface area (Å²) in [5.41, 5.74) is 4.10. The summed E-state index contributed by atoms with van der Waals surface area (Å²) in [6.45, 7) is 4.79. The number of amides is 1. The van der Waals surface area contributed by atoms with E-state index in [9.17, 15) is 4.79 Å². The van der Waals surface area contributed by atoms with Crippen molar-refractivity contribution >= 4 is 40.5 Å². The number of hydrogen-bond donors (Lipinski definition) is 1. The summed E-state index contributed by atoms with van der Waals surface area (Å²) in [6, 6.07) is 23.4. The molecule has 31 heavy (non-hydrogen) atoms. The van der Waals surface area contributed by atoms with Crippen LogP contribution in [0.1, 0.15) is 11.1 Å². The van der Waals surface area contributed by atoms with E-state index in [1.165, 1.54) is 11.3 Å². The zero-order valence-corrected chi connectivity index (χ0v) is 18.7. The van der Waals surface area contributed by atoms with E-state index >= 15 is 0 Å². The van der Waals surface area contributed by atoms with Crippen molar-refractivity contribution in [1.82, 2.24) is 4.90 Å². The van der Waals surface area contributed by atoms with Gasteiger partial charge in [0, 0.05) is 54.1 Å². The van der Waals surface area contributed by atoms with E-state index in [1.54, 1.807) is 12.1 Å². The van der Waals surface area contributed by atoms with Gasteiger partial charge >= 0.3 is 0 Å². The highest BCUT2D eigenvalue weighted by atomic mass is 35.5. The third-order valence-electron chi connectivity index (χ3n) is 5.52. The lowest BCUT2D eigenvalue weighted by molar-refractivity contribution is -0.115. The van der Waals surface area contributed by atoms with E-state index in [0.29, 0.717) is 11.4 Å². The number of carbonyl (C=O) groups excluding carboxylic acids is 1. The van der Waals surface area contributed by atoms with Crippen molar-refractivity contribution in [3.63, 3.8) is 0 Å². The second-order valence-corrected chi connectivity index (χ2v) is 8.60. The van der Waals surface area contributed by atoms with Crippen LogP contribution in [-0.4, -0.2) is 37.0 Å². The van der Waals surface area contributed by atoms with Gasteiger partial charge in [-0.05, 0) is 53.6 Å². The number of carbonyl (C=O) groups is 1. The van der Waals surface area contributed by atoms with Gasteiger partial charge in [0.1, 0.15) is 0 Å². The van der Waals surface area contributed by atoms with E-state index in [1.807, 2.05) is 42.5 Å². The van der Waals surface area contributed by atoms with Crippen LogP contribution >= 0.6 is 23.2 Å². The van der Waals surface area contributed by atoms with Crippen molar-refractivity contribution in [3.8, 4) is 0 Å². The molecule has 0 aromatic heterocycles. The summed E-state index contributed by atoms with van der Waals surface area (Å²) in [5, 5.41) is 4.47. The number of nitrogens with zero attached hydrogens (tertiary/aromatic N) is 2. The summed E-state index contributed by atoms with van der Waals surface area (Å²) in [7, 11) is 0. The van der Waals surface area contributed by atoms with Gasteiger partial charge in [0.25, 0.3) is 0 Å². The second-order valence-electron chi connectivity index (χ2n) is 7.75. The maximum Gasteiger partial charge on any atom is 0.228 e. The number of nitrogens with one attached hydrogen (secondary N) is 1. The van der Waals surface area contributed by atoms with Crippen LogP contribution in [0.2, 0.25) is 10.0 Å². The van der Waals surface area contributed by atoms with Crippen molar-refractivity contribution in [3.05, 3.63) is 94.0 Å². The molecule has 0 atom stereocenters. The minimum atomic E-state index is -0.0386. The molecule has 1 saturated heterocycles. The molecule has 0 aliphatic carbocycles. The molecule has 4 rings (SSSR count). The maximum absolute atomic E-state index is 12.3. The van der Waals surface area contributed by atoms with Gasteiger partial charge in [-0.25, -0.2) is 0 Å². The Balaban J connectivity index is 1.27. The van der Waals surface area contributed by atoms with Crippen LogP contribution in [0.15, 0.2) is 72.8 Å². The topological polar surface area (TPSA) is 35.6 Å². The summed E-state index contributed by atoms with van der Waals surface area (Å²) < 4.78 is 0. The third-order valence-corrected chi connectivity index (χ3v) is 6.14. The van der Waals surface area contributed by atoms with Crippen LogP contribution in [-0.2, 0) is 17.8 Å². The van der Waals surface area contributed by atoms with E-state index in [-0.39, 0.29) is 5.91 Å². The van der Waals surface area contributed by atoms with Gasteiger partial charge in [-0.1, -0.05) is 53.5 Å². The molecule has 1 fully saturated rings. The quantitative estimate of drug-likeness (QED) is 0.535. The first kappa shape index (κ1) is 21.7. The Morgan fingerprint density at radius 3 is 2.19 bits per heavy atom. The van der Waals surface area contributed by atoms with E-state index in [2.05, 4.69) is 33.3 Å². The molecule has 160 valence electrons. The van der Waals surface area contributed by atoms with Crippen molar-refractivity contribution in [2.45, 2.75) is 13.0 Å². The second kappa shape index (κ2) is 10.2. The summed E-state index contributed by atoms with van der Waals surface area (Å²) in [4.78, 5) is 17.1. The van der Waals surface area contributed by atoms with Gasteiger partial charge in [0.15, 0.2) is 0 Å². The average molecular weight is 454 g/mol.